The zero-order valence-electron chi connectivity index (χ0n) is 11.9. The first kappa shape index (κ1) is 14.8. The quantitative estimate of drug-likeness (QED) is 0.831. The molecule has 0 unspecified atom stereocenters. The molecule has 1 aliphatic heterocycles. The molecule has 2 rings (SSSR count). The van der Waals surface area contributed by atoms with Crippen LogP contribution in [-0.4, -0.2) is 24.5 Å². The van der Waals surface area contributed by atoms with Crippen LogP contribution in [0.4, 0.5) is 0 Å². The van der Waals surface area contributed by atoms with E-state index in [2.05, 4.69) is 64.3 Å². The van der Waals surface area contributed by atoms with Gasteiger partial charge in [0.2, 0.25) is 0 Å². The summed E-state index contributed by atoms with van der Waals surface area (Å²) in [6.45, 7) is 9.62. The predicted molar refractivity (Wildman–Crippen MR) is 85.2 cm³/mol. The fraction of sp³-hybridized carbons (Fsp3) is 0.500. The highest BCUT2D eigenvalue weighted by Gasteiger charge is 2.12. The van der Waals surface area contributed by atoms with Gasteiger partial charge in [-0.1, -0.05) is 46.6 Å². The summed E-state index contributed by atoms with van der Waals surface area (Å²) < 4.78 is 1.23. The molecule has 1 aliphatic rings. The number of nitrogens with one attached hydrogen (secondary N) is 1. The van der Waals surface area contributed by atoms with E-state index < -0.39 is 0 Å². The van der Waals surface area contributed by atoms with E-state index in [-0.39, 0.29) is 0 Å². The minimum Gasteiger partial charge on any atom is -0.313 e. The van der Waals surface area contributed by atoms with Crippen LogP contribution in [0, 0.1) is 0 Å². The summed E-state index contributed by atoms with van der Waals surface area (Å²) in [7, 11) is 0. The summed E-state index contributed by atoms with van der Waals surface area (Å²) in [4.78, 5) is 2.51. The molecule has 1 aromatic rings. The summed E-state index contributed by atoms with van der Waals surface area (Å²) in [6.07, 6.45) is 3.53. The van der Waals surface area contributed by atoms with Crippen molar-refractivity contribution in [2.45, 2.75) is 33.4 Å². The lowest BCUT2D eigenvalue weighted by Gasteiger charge is -2.26. The number of rotatable bonds is 5. The number of halogens is 1. The van der Waals surface area contributed by atoms with Crippen LogP contribution in [0.3, 0.4) is 0 Å². The second-order valence-electron chi connectivity index (χ2n) is 5.26. The van der Waals surface area contributed by atoms with Gasteiger partial charge < -0.3 is 5.32 Å². The summed E-state index contributed by atoms with van der Waals surface area (Å²) in [5, 5.41) is 3.36. The average molecular weight is 323 g/mol. The van der Waals surface area contributed by atoms with Gasteiger partial charge in [-0.15, -0.1) is 0 Å². The summed E-state index contributed by atoms with van der Waals surface area (Å²) in [5.74, 6) is 0. The predicted octanol–water partition coefficient (Wildman–Crippen LogP) is 3.71. The Morgan fingerprint density at radius 1 is 1.37 bits per heavy atom. The van der Waals surface area contributed by atoms with E-state index in [9.17, 15) is 0 Å². The third kappa shape index (κ3) is 4.44. The fourth-order valence-corrected chi connectivity index (χ4v) is 3.02. The van der Waals surface area contributed by atoms with Gasteiger partial charge >= 0.3 is 0 Å². The second kappa shape index (κ2) is 7.22. The monoisotopic (exact) mass is 322 g/mol. The maximum Gasteiger partial charge on any atom is 0.0248 e. The summed E-state index contributed by atoms with van der Waals surface area (Å²) >= 11 is 3.71. The van der Waals surface area contributed by atoms with Crippen LogP contribution >= 0.6 is 15.9 Å². The molecule has 0 aliphatic carbocycles. The van der Waals surface area contributed by atoms with Crippen LogP contribution < -0.4 is 5.32 Å². The van der Waals surface area contributed by atoms with Crippen LogP contribution in [-0.2, 0) is 13.1 Å². The lowest BCUT2D eigenvalue weighted by molar-refractivity contribution is 0.282. The van der Waals surface area contributed by atoms with Gasteiger partial charge in [0, 0.05) is 30.7 Å². The molecule has 0 bridgehead atoms. The molecular weight excluding hydrogens is 300 g/mol. The van der Waals surface area contributed by atoms with Gasteiger partial charge in [0.25, 0.3) is 0 Å². The number of hydrogen-bond acceptors (Lipinski definition) is 2. The number of benzene rings is 1. The van der Waals surface area contributed by atoms with Gasteiger partial charge in [0.1, 0.15) is 0 Å². The molecule has 1 N–H and O–H groups in total. The molecule has 0 radical (unpaired) electrons. The first-order valence-corrected chi connectivity index (χ1v) is 7.84. The van der Waals surface area contributed by atoms with Crippen LogP contribution in [0.15, 0.2) is 34.3 Å². The van der Waals surface area contributed by atoms with E-state index >= 15 is 0 Å². The van der Waals surface area contributed by atoms with Gasteiger partial charge in [0.15, 0.2) is 0 Å². The highest BCUT2D eigenvalue weighted by Crippen LogP contribution is 2.22. The van der Waals surface area contributed by atoms with E-state index in [4.69, 9.17) is 0 Å². The van der Waals surface area contributed by atoms with Gasteiger partial charge in [-0.2, -0.15) is 0 Å². The highest BCUT2D eigenvalue weighted by molar-refractivity contribution is 9.10. The fourth-order valence-electron chi connectivity index (χ4n) is 2.46. The first-order valence-electron chi connectivity index (χ1n) is 7.05. The second-order valence-corrected chi connectivity index (χ2v) is 6.11. The third-order valence-electron chi connectivity index (χ3n) is 3.50. The van der Waals surface area contributed by atoms with Gasteiger partial charge in [0.05, 0.1) is 0 Å². The molecule has 1 aromatic carbocycles. The molecule has 0 spiro atoms. The van der Waals surface area contributed by atoms with Crippen molar-refractivity contribution in [2.24, 2.45) is 0 Å². The highest BCUT2D eigenvalue weighted by atomic mass is 79.9. The van der Waals surface area contributed by atoms with E-state index in [1.165, 1.54) is 34.1 Å². The lowest BCUT2D eigenvalue weighted by atomic mass is 10.1. The van der Waals surface area contributed by atoms with Crippen molar-refractivity contribution >= 4 is 15.9 Å². The molecule has 0 saturated heterocycles. The number of nitrogens with zero attached hydrogens (tertiary/aromatic N) is 1. The van der Waals surface area contributed by atoms with E-state index in [0.29, 0.717) is 0 Å². The smallest absolute Gasteiger partial charge is 0.0248 e. The molecule has 0 aromatic heterocycles. The first-order chi connectivity index (χ1) is 9.19. The van der Waals surface area contributed by atoms with Crippen molar-refractivity contribution in [1.82, 2.24) is 10.2 Å². The largest absolute Gasteiger partial charge is 0.313 e. The Morgan fingerprint density at radius 2 is 2.21 bits per heavy atom. The van der Waals surface area contributed by atoms with Crippen molar-refractivity contribution in [1.29, 1.82) is 0 Å². The Labute approximate surface area is 125 Å². The lowest BCUT2D eigenvalue weighted by Crippen LogP contribution is -2.29. The zero-order valence-corrected chi connectivity index (χ0v) is 13.5. The van der Waals surface area contributed by atoms with E-state index in [1.54, 1.807) is 0 Å². The molecule has 2 nitrogen and oxygen atoms in total. The minimum absolute atomic E-state index is 0.945. The van der Waals surface area contributed by atoms with Crippen molar-refractivity contribution in [3.63, 3.8) is 0 Å². The van der Waals surface area contributed by atoms with Crippen molar-refractivity contribution < 1.29 is 0 Å². The summed E-state index contributed by atoms with van der Waals surface area (Å²) in [5.41, 5.74) is 4.22. The Kier molecular flexibility index (Phi) is 5.61. The van der Waals surface area contributed by atoms with Crippen molar-refractivity contribution in [3.05, 3.63) is 45.4 Å². The number of hydrogen-bond donors (Lipinski definition) is 1. The maximum absolute atomic E-state index is 3.71. The average Bonchev–Trinajstić information content (AvgIpc) is 2.39. The SMILES string of the molecule is CCNCc1ccc(CN2CCC=C(C)C2)c(Br)c1. The molecule has 0 saturated carbocycles. The molecule has 0 atom stereocenters. The van der Waals surface area contributed by atoms with Crippen LogP contribution in [0.25, 0.3) is 0 Å². The standard InChI is InChI=1S/C16H23BrN2/c1-3-18-10-14-6-7-15(16(17)9-14)12-19-8-4-5-13(2)11-19/h5-7,9,18H,3-4,8,10-12H2,1-2H3. The third-order valence-corrected chi connectivity index (χ3v) is 4.24. The molecule has 104 valence electrons. The van der Waals surface area contributed by atoms with Crippen LogP contribution in [0.2, 0.25) is 0 Å². The van der Waals surface area contributed by atoms with Gasteiger partial charge in [-0.25, -0.2) is 0 Å². The van der Waals surface area contributed by atoms with E-state index in [0.717, 1.165) is 26.2 Å². The molecule has 3 heteroatoms. The molecule has 0 amide bonds. The molecule has 19 heavy (non-hydrogen) atoms. The molecule has 1 heterocycles. The minimum atomic E-state index is 0.945. The van der Waals surface area contributed by atoms with Gasteiger partial charge in [-0.05, 0) is 37.1 Å². The van der Waals surface area contributed by atoms with Crippen molar-refractivity contribution in [3.8, 4) is 0 Å². The van der Waals surface area contributed by atoms with E-state index in [1.807, 2.05) is 0 Å². The summed E-state index contributed by atoms with van der Waals surface area (Å²) in [6, 6.07) is 6.73. The zero-order chi connectivity index (χ0) is 13.7. The normalized spacial score (nSPS) is 16.5. The van der Waals surface area contributed by atoms with Gasteiger partial charge in [-0.3, -0.25) is 4.90 Å². The Bertz CT molecular complexity index is 454. The van der Waals surface area contributed by atoms with Crippen molar-refractivity contribution in [2.75, 3.05) is 19.6 Å². The Balaban J connectivity index is 1.99. The van der Waals surface area contributed by atoms with Crippen LogP contribution in [0.1, 0.15) is 31.4 Å². The maximum atomic E-state index is 3.71. The Hall–Kier alpha value is -0.640. The van der Waals surface area contributed by atoms with Crippen LogP contribution in [0.5, 0.6) is 0 Å². The molecular formula is C16H23BrN2. The topological polar surface area (TPSA) is 15.3 Å². The molecule has 0 fully saturated rings. The Morgan fingerprint density at radius 3 is 2.89 bits per heavy atom.